The summed E-state index contributed by atoms with van der Waals surface area (Å²) in [4.78, 5) is 4.07. The van der Waals surface area contributed by atoms with Crippen LogP contribution in [0.4, 0.5) is 11.8 Å². The Morgan fingerprint density at radius 2 is 2.00 bits per heavy atom. The number of nitrogen functional groups attached to an aromatic ring is 1. The first-order chi connectivity index (χ1) is 10.0. The summed E-state index contributed by atoms with van der Waals surface area (Å²) in [6, 6.07) is 5.12. The lowest BCUT2D eigenvalue weighted by molar-refractivity contribution is 0.196. The Balaban J connectivity index is 0.00000242. The zero-order valence-electron chi connectivity index (χ0n) is 11.3. The van der Waals surface area contributed by atoms with Crippen molar-refractivity contribution in [1.82, 2.24) is 15.2 Å². The highest BCUT2D eigenvalue weighted by Crippen LogP contribution is 2.34. The van der Waals surface area contributed by atoms with Crippen molar-refractivity contribution >= 4 is 47.4 Å². The molecule has 2 aromatic rings. The zero-order valence-corrected chi connectivity index (χ0v) is 13.7. The Morgan fingerprint density at radius 3 is 2.64 bits per heavy atom. The molecule has 0 bridgehead atoms. The monoisotopic (exact) mass is 364 g/mol. The molecule has 1 atom stereocenters. The summed E-state index contributed by atoms with van der Waals surface area (Å²) in [7, 11) is 0. The molecule has 1 heterocycles. The molecule has 7 nitrogen and oxygen atoms in total. The number of hydrogen-bond acceptors (Lipinski definition) is 7. The van der Waals surface area contributed by atoms with Gasteiger partial charge in [-0.25, -0.2) is 0 Å². The highest BCUT2D eigenvalue weighted by molar-refractivity contribution is 6.43. The number of anilines is 2. The van der Waals surface area contributed by atoms with Gasteiger partial charge in [-0.15, -0.1) is 22.6 Å². The van der Waals surface area contributed by atoms with E-state index < -0.39 is 6.10 Å². The van der Waals surface area contributed by atoms with Gasteiger partial charge in [-0.1, -0.05) is 35.3 Å². The van der Waals surface area contributed by atoms with Crippen LogP contribution in [0, 0.1) is 0 Å². The molecule has 0 spiro atoms. The molecule has 120 valence electrons. The van der Waals surface area contributed by atoms with Gasteiger partial charge in [-0.3, -0.25) is 0 Å². The summed E-state index contributed by atoms with van der Waals surface area (Å²) >= 11 is 12.1. The fourth-order valence-electron chi connectivity index (χ4n) is 1.58. The fourth-order valence-corrected chi connectivity index (χ4v) is 1.97. The molecule has 0 saturated carbocycles. The van der Waals surface area contributed by atoms with E-state index in [2.05, 4.69) is 20.5 Å². The number of benzene rings is 1. The number of aliphatic hydroxyl groups excluding tert-OH is 1. The number of nitrogens with zero attached hydrogens (tertiary/aromatic N) is 3. The van der Waals surface area contributed by atoms with Crippen molar-refractivity contribution in [3.8, 4) is 11.3 Å². The van der Waals surface area contributed by atoms with Crippen molar-refractivity contribution in [2.45, 2.75) is 6.10 Å². The molecule has 1 unspecified atom stereocenters. The first-order valence-corrected chi connectivity index (χ1v) is 6.85. The van der Waals surface area contributed by atoms with E-state index in [4.69, 9.17) is 34.7 Å². The van der Waals surface area contributed by atoms with E-state index in [9.17, 15) is 5.11 Å². The minimum absolute atomic E-state index is 0. The lowest BCUT2D eigenvalue weighted by Crippen LogP contribution is -2.28. The van der Waals surface area contributed by atoms with Crippen molar-refractivity contribution in [1.29, 1.82) is 0 Å². The Bertz CT molecular complexity index is 642. The third-order valence-electron chi connectivity index (χ3n) is 2.69. The van der Waals surface area contributed by atoms with Crippen LogP contribution in [-0.4, -0.2) is 39.5 Å². The van der Waals surface area contributed by atoms with Crippen LogP contribution >= 0.6 is 35.6 Å². The lowest BCUT2D eigenvalue weighted by atomic mass is 10.1. The molecule has 0 amide bonds. The van der Waals surface area contributed by atoms with Crippen molar-refractivity contribution in [3.05, 3.63) is 28.2 Å². The summed E-state index contributed by atoms with van der Waals surface area (Å²) in [6.07, 6.45) is -0.697. The summed E-state index contributed by atoms with van der Waals surface area (Å²) in [5.74, 6) is 0.348. The van der Waals surface area contributed by atoms with Crippen LogP contribution in [0.5, 0.6) is 0 Å². The predicted octanol–water partition coefficient (Wildman–Crippen LogP) is 1.58. The van der Waals surface area contributed by atoms with Crippen molar-refractivity contribution < 1.29 is 5.11 Å². The standard InChI is InChI=1S/C12H14Cl2N6O.ClH/c13-8-3-1-2-7(9(8)14)10-11(16)18-12(20-19-10)17-5-6(21)4-15;/h1-3,6,21H,4-5,15H2,(H3,16,17,18,20);1H. The molecule has 1 aromatic carbocycles. The van der Waals surface area contributed by atoms with Gasteiger partial charge in [0.2, 0.25) is 5.95 Å². The van der Waals surface area contributed by atoms with Crippen LogP contribution < -0.4 is 16.8 Å². The zero-order chi connectivity index (χ0) is 15.4. The van der Waals surface area contributed by atoms with E-state index in [1.807, 2.05) is 0 Å². The molecule has 10 heteroatoms. The van der Waals surface area contributed by atoms with E-state index in [1.165, 1.54) is 0 Å². The van der Waals surface area contributed by atoms with Crippen LogP contribution in [-0.2, 0) is 0 Å². The second-order valence-corrected chi connectivity index (χ2v) is 5.03. The molecule has 0 radical (unpaired) electrons. The third kappa shape index (κ3) is 4.31. The largest absolute Gasteiger partial charge is 0.390 e. The van der Waals surface area contributed by atoms with E-state index in [1.54, 1.807) is 18.2 Å². The van der Waals surface area contributed by atoms with Gasteiger partial charge in [-0.05, 0) is 6.07 Å². The molecular formula is C12H15Cl3N6O. The van der Waals surface area contributed by atoms with E-state index in [0.29, 0.717) is 21.3 Å². The van der Waals surface area contributed by atoms with Gasteiger partial charge in [0.05, 0.1) is 16.1 Å². The van der Waals surface area contributed by atoms with E-state index >= 15 is 0 Å². The van der Waals surface area contributed by atoms with Gasteiger partial charge in [0, 0.05) is 18.7 Å². The first-order valence-electron chi connectivity index (χ1n) is 6.09. The first kappa shape index (κ1) is 18.7. The van der Waals surface area contributed by atoms with Crippen LogP contribution in [0.3, 0.4) is 0 Å². The maximum atomic E-state index is 9.36. The molecule has 6 N–H and O–H groups in total. The molecule has 0 aliphatic heterocycles. The smallest absolute Gasteiger partial charge is 0.244 e. The van der Waals surface area contributed by atoms with Crippen LogP contribution in [0.1, 0.15) is 0 Å². The summed E-state index contributed by atoms with van der Waals surface area (Å²) in [5.41, 5.74) is 12.1. The molecule has 0 fully saturated rings. The molecule has 0 saturated heterocycles. The van der Waals surface area contributed by atoms with Crippen LogP contribution in [0.15, 0.2) is 18.2 Å². The summed E-state index contributed by atoms with van der Waals surface area (Å²) in [5, 5.41) is 20.8. The Kier molecular flexibility index (Phi) is 7.05. The number of aliphatic hydroxyl groups is 1. The molecule has 2 rings (SSSR count). The maximum Gasteiger partial charge on any atom is 0.244 e. The highest BCUT2D eigenvalue weighted by Gasteiger charge is 2.14. The van der Waals surface area contributed by atoms with Gasteiger partial charge in [0.25, 0.3) is 0 Å². The number of nitrogens with two attached hydrogens (primary N) is 2. The second kappa shape index (κ2) is 8.30. The Labute approximate surface area is 143 Å². The highest BCUT2D eigenvalue weighted by atomic mass is 35.5. The second-order valence-electron chi connectivity index (χ2n) is 4.24. The van der Waals surface area contributed by atoms with E-state index in [-0.39, 0.29) is 37.3 Å². The topological polar surface area (TPSA) is 123 Å². The molecule has 22 heavy (non-hydrogen) atoms. The number of aromatic nitrogens is 3. The Hall–Kier alpha value is -1.38. The van der Waals surface area contributed by atoms with E-state index in [0.717, 1.165) is 0 Å². The Morgan fingerprint density at radius 1 is 1.27 bits per heavy atom. The number of nitrogens with one attached hydrogen (secondary N) is 1. The molecule has 0 aliphatic carbocycles. The number of hydrogen-bond donors (Lipinski definition) is 4. The van der Waals surface area contributed by atoms with Crippen LogP contribution in [0.2, 0.25) is 10.0 Å². The molecule has 1 aromatic heterocycles. The molecular weight excluding hydrogens is 351 g/mol. The minimum Gasteiger partial charge on any atom is -0.390 e. The van der Waals surface area contributed by atoms with Gasteiger partial charge in [-0.2, -0.15) is 4.98 Å². The average Bonchev–Trinajstić information content (AvgIpc) is 2.48. The normalized spacial score (nSPS) is 11.6. The van der Waals surface area contributed by atoms with Crippen molar-refractivity contribution in [2.75, 3.05) is 24.1 Å². The third-order valence-corrected chi connectivity index (χ3v) is 3.51. The summed E-state index contributed by atoms with van der Waals surface area (Å²) < 4.78 is 0. The summed E-state index contributed by atoms with van der Waals surface area (Å²) in [6.45, 7) is 0.334. The van der Waals surface area contributed by atoms with Crippen molar-refractivity contribution in [3.63, 3.8) is 0 Å². The van der Waals surface area contributed by atoms with Gasteiger partial charge >= 0.3 is 0 Å². The predicted molar refractivity (Wildman–Crippen MR) is 90.5 cm³/mol. The van der Waals surface area contributed by atoms with Gasteiger partial charge in [0.1, 0.15) is 5.69 Å². The SMILES string of the molecule is Cl.NCC(O)CNc1nnc(-c2cccc(Cl)c2Cl)c(N)n1. The minimum atomic E-state index is -0.697. The van der Waals surface area contributed by atoms with Gasteiger partial charge in [0.15, 0.2) is 5.82 Å². The maximum absolute atomic E-state index is 9.36. The average molecular weight is 366 g/mol. The number of rotatable bonds is 5. The number of halogens is 3. The lowest BCUT2D eigenvalue weighted by Gasteiger charge is -2.11. The van der Waals surface area contributed by atoms with Crippen LogP contribution in [0.25, 0.3) is 11.3 Å². The quantitative estimate of drug-likeness (QED) is 0.634. The fraction of sp³-hybridized carbons (Fsp3) is 0.250. The molecule has 0 aliphatic rings. The van der Waals surface area contributed by atoms with Gasteiger partial charge < -0.3 is 21.9 Å². The van der Waals surface area contributed by atoms with Crippen molar-refractivity contribution in [2.24, 2.45) is 5.73 Å².